The lowest BCUT2D eigenvalue weighted by molar-refractivity contribution is -0.384. The lowest BCUT2D eigenvalue weighted by atomic mass is 10.2. The van der Waals surface area contributed by atoms with Gasteiger partial charge in [-0.1, -0.05) is 37.2 Å². The van der Waals surface area contributed by atoms with E-state index in [0.717, 1.165) is 17.3 Å². The molecule has 1 amide bonds. The number of nitro benzene ring substituents is 1. The number of fused-ring (bicyclic) bond motifs is 1. The number of carbonyl (C=O) groups excluding carboxylic acids is 1. The SMILES string of the molecule is CC(C)Nc1nc(SC(C)C)nc2c1cnn2CCNC(=O)c1ccc(Cl)c([N+](=O)[O-])c1. The minimum atomic E-state index is -0.621. The molecule has 0 aliphatic rings. The summed E-state index contributed by atoms with van der Waals surface area (Å²) in [4.78, 5) is 32.1. The monoisotopic (exact) mass is 477 g/mol. The highest BCUT2D eigenvalue weighted by Gasteiger charge is 2.17. The molecule has 10 nitrogen and oxygen atoms in total. The summed E-state index contributed by atoms with van der Waals surface area (Å²) in [5.41, 5.74) is 0.518. The quantitative estimate of drug-likeness (QED) is 0.203. The molecule has 0 aliphatic heterocycles. The predicted octanol–water partition coefficient (Wildman–Crippen LogP) is 4.14. The average molecular weight is 478 g/mol. The van der Waals surface area contributed by atoms with Crippen molar-refractivity contribution in [3.63, 3.8) is 0 Å². The topological polar surface area (TPSA) is 128 Å². The summed E-state index contributed by atoms with van der Waals surface area (Å²) in [7, 11) is 0. The third-order valence-electron chi connectivity index (χ3n) is 4.26. The Morgan fingerprint density at radius 1 is 1.28 bits per heavy atom. The predicted molar refractivity (Wildman–Crippen MR) is 126 cm³/mol. The van der Waals surface area contributed by atoms with Crippen molar-refractivity contribution in [2.45, 2.75) is 50.7 Å². The van der Waals surface area contributed by atoms with E-state index in [2.05, 4.69) is 39.5 Å². The fraction of sp³-hybridized carbons (Fsp3) is 0.400. The van der Waals surface area contributed by atoms with Crippen LogP contribution in [0, 0.1) is 10.1 Å². The summed E-state index contributed by atoms with van der Waals surface area (Å²) in [6.07, 6.45) is 1.70. The fourth-order valence-electron chi connectivity index (χ4n) is 2.92. The summed E-state index contributed by atoms with van der Waals surface area (Å²) in [6, 6.07) is 4.13. The fourth-order valence-corrected chi connectivity index (χ4v) is 3.81. The van der Waals surface area contributed by atoms with Crippen molar-refractivity contribution in [1.29, 1.82) is 0 Å². The van der Waals surface area contributed by atoms with E-state index in [1.165, 1.54) is 12.1 Å². The van der Waals surface area contributed by atoms with E-state index in [1.807, 2.05) is 13.8 Å². The van der Waals surface area contributed by atoms with E-state index in [-0.39, 0.29) is 28.9 Å². The highest BCUT2D eigenvalue weighted by molar-refractivity contribution is 7.99. The van der Waals surface area contributed by atoms with Crippen molar-refractivity contribution >= 4 is 51.8 Å². The van der Waals surface area contributed by atoms with Crippen LogP contribution in [0.15, 0.2) is 29.6 Å². The first kappa shape index (κ1) is 23.7. The van der Waals surface area contributed by atoms with Gasteiger partial charge in [-0.15, -0.1) is 0 Å². The second-order valence-electron chi connectivity index (χ2n) is 7.60. The molecule has 0 fully saturated rings. The lowest BCUT2D eigenvalue weighted by Crippen LogP contribution is -2.27. The van der Waals surface area contributed by atoms with E-state index in [1.54, 1.807) is 22.6 Å². The molecular weight excluding hydrogens is 454 g/mol. The van der Waals surface area contributed by atoms with Gasteiger partial charge in [0.05, 0.1) is 23.1 Å². The van der Waals surface area contributed by atoms with E-state index in [9.17, 15) is 14.9 Å². The molecule has 0 spiro atoms. The van der Waals surface area contributed by atoms with Crippen molar-refractivity contribution in [3.05, 3.63) is 45.1 Å². The number of hydrogen-bond acceptors (Lipinski definition) is 8. The molecule has 0 radical (unpaired) electrons. The first-order valence-corrected chi connectivity index (χ1v) is 11.3. The van der Waals surface area contributed by atoms with Crippen LogP contribution in [0.1, 0.15) is 38.1 Å². The molecule has 2 N–H and O–H groups in total. The minimum Gasteiger partial charge on any atom is -0.367 e. The average Bonchev–Trinajstić information content (AvgIpc) is 3.10. The van der Waals surface area contributed by atoms with Crippen LogP contribution in [0.3, 0.4) is 0 Å². The van der Waals surface area contributed by atoms with Crippen molar-refractivity contribution in [1.82, 2.24) is 25.1 Å². The van der Waals surface area contributed by atoms with Crippen LogP contribution in [0.25, 0.3) is 11.0 Å². The molecule has 3 aromatic rings. The maximum atomic E-state index is 12.4. The van der Waals surface area contributed by atoms with Gasteiger partial charge in [-0.25, -0.2) is 14.6 Å². The maximum absolute atomic E-state index is 12.4. The van der Waals surface area contributed by atoms with Crippen LogP contribution in [0.2, 0.25) is 5.02 Å². The molecule has 0 aliphatic carbocycles. The summed E-state index contributed by atoms with van der Waals surface area (Å²) in [5, 5.41) is 23.3. The smallest absolute Gasteiger partial charge is 0.288 e. The van der Waals surface area contributed by atoms with Gasteiger partial charge in [-0.3, -0.25) is 14.9 Å². The van der Waals surface area contributed by atoms with Gasteiger partial charge in [-0.05, 0) is 26.0 Å². The van der Waals surface area contributed by atoms with E-state index < -0.39 is 10.8 Å². The van der Waals surface area contributed by atoms with Gasteiger partial charge in [0.15, 0.2) is 10.8 Å². The van der Waals surface area contributed by atoms with Crippen LogP contribution < -0.4 is 10.6 Å². The molecule has 32 heavy (non-hydrogen) atoms. The molecule has 0 bridgehead atoms. The van der Waals surface area contributed by atoms with Crippen molar-refractivity contribution in [2.24, 2.45) is 0 Å². The van der Waals surface area contributed by atoms with E-state index in [4.69, 9.17) is 11.6 Å². The van der Waals surface area contributed by atoms with Crippen molar-refractivity contribution in [2.75, 3.05) is 11.9 Å². The van der Waals surface area contributed by atoms with Gasteiger partial charge in [0.25, 0.3) is 11.6 Å². The minimum absolute atomic E-state index is 0.0184. The van der Waals surface area contributed by atoms with Crippen molar-refractivity contribution < 1.29 is 9.72 Å². The number of amides is 1. The maximum Gasteiger partial charge on any atom is 0.288 e. The Morgan fingerprint density at radius 3 is 2.69 bits per heavy atom. The zero-order valence-electron chi connectivity index (χ0n) is 18.1. The van der Waals surface area contributed by atoms with Crippen LogP contribution >= 0.6 is 23.4 Å². The molecule has 12 heteroatoms. The second-order valence-corrected chi connectivity index (χ2v) is 9.56. The molecule has 0 unspecified atom stereocenters. The van der Waals surface area contributed by atoms with Gasteiger partial charge in [0.1, 0.15) is 10.8 Å². The second kappa shape index (κ2) is 10.1. The van der Waals surface area contributed by atoms with Gasteiger partial charge in [-0.2, -0.15) is 5.10 Å². The summed E-state index contributed by atoms with van der Waals surface area (Å²) >= 11 is 7.37. The number of hydrogen-bond donors (Lipinski definition) is 2. The normalized spacial score (nSPS) is 11.3. The Balaban J connectivity index is 1.77. The molecule has 170 valence electrons. The Kier molecular flexibility index (Phi) is 7.52. The molecule has 2 aromatic heterocycles. The standard InChI is InChI=1S/C20H24ClN7O3S/c1-11(2)24-17-14-10-23-27(18(14)26-20(25-17)32-12(3)4)8-7-22-19(29)13-5-6-15(21)16(9-13)28(30)31/h5-6,9-12H,7-8H2,1-4H3,(H,22,29)(H,24,25,26). The summed E-state index contributed by atoms with van der Waals surface area (Å²) in [5.74, 6) is 0.283. The largest absolute Gasteiger partial charge is 0.367 e. The van der Waals surface area contributed by atoms with E-state index in [0.29, 0.717) is 22.6 Å². The van der Waals surface area contributed by atoms with Gasteiger partial charge < -0.3 is 10.6 Å². The number of nitrogens with zero attached hydrogens (tertiary/aromatic N) is 5. The molecule has 0 saturated heterocycles. The van der Waals surface area contributed by atoms with Crippen LogP contribution in [-0.4, -0.2) is 48.4 Å². The number of benzene rings is 1. The molecule has 0 saturated carbocycles. The Labute approximate surface area is 194 Å². The van der Waals surface area contributed by atoms with Gasteiger partial charge >= 0.3 is 0 Å². The Bertz CT molecular complexity index is 1150. The molecule has 1 aromatic carbocycles. The van der Waals surface area contributed by atoms with Gasteiger partial charge in [0.2, 0.25) is 0 Å². The lowest BCUT2D eigenvalue weighted by Gasteiger charge is -2.12. The molecule has 3 rings (SSSR count). The Hall–Kier alpha value is -2.92. The van der Waals surface area contributed by atoms with Crippen LogP contribution in [0.4, 0.5) is 11.5 Å². The Morgan fingerprint density at radius 2 is 2.03 bits per heavy atom. The first-order chi connectivity index (χ1) is 15.2. The van der Waals surface area contributed by atoms with Gasteiger partial charge in [0, 0.05) is 29.5 Å². The number of carbonyl (C=O) groups is 1. The third-order valence-corrected chi connectivity index (χ3v) is 5.44. The highest BCUT2D eigenvalue weighted by Crippen LogP contribution is 2.27. The number of nitro groups is 1. The molecule has 0 atom stereocenters. The van der Waals surface area contributed by atoms with Crippen molar-refractivity contribution in [3.8, 4) is 0 Å². The number of rotatable bonds is 9. The summed E-state index contributed by atoms with van der Waals surface area (Å²) in [6.45, 7) is 8.84. The highest BCUT2D eigenvalue weighted by atomic mass is 35.5. The summed E-state index contributed by atoms with van der Waals surface area (Å²) < 4.78 is 1.71. The van der Waals surface area contributed by atoms with Crippen LogP contribution in [0.5, 0.6) is 0 Å². The number of anilines is 1. The van der Waals surface area contributed by atoms with E-state index >= 15 is 0 Å². The van der Waals surface area contributed by atoms with Crippen LogP contribution in [-0.2, 0) is 6.54 Å². The number of aromatic nitrogens is 4. The zero-order chi connectivity index (χ0) is 23.4. The first-order valence-electron chi connectivity index (χ1n) is 10.0. The molecular formula is C20H24ClN7O3S. The number of thioether (sulfide) groups is 1. The third kappa shape index (κ3) is 5.65. The number of nitrogens with one attached hydrogen (secondary N) is 2. The molecule has 2 heterocycles. The zero-order valence-corrected chi connectivity index (χ0v) is 19.7. The number of halogens is 1.